The molecule has 0 bridgehead atoms. The largest absolute Gasteiger partial charge is 0.312 e. The number of nitrogens with one attached hydrogen (secondary N) is 2. The molecule has 3 aromatic rings. The molecule has 2 N–H and O–H groups in total. The van der Waals surface area contributed by atoms with Crippen LogP contribution in [-0.2, 0) is 25.9 Å². The zero-order chi connectivity index (χ0) is 19.6. The van der Waals surface area contributed by atoms with Gasteiger partial charge < -0.3 is 10.6 Å². The molecule has 0 amide bonds. The topological polar surface area (TPSA) is 24.1 Å². The maximum absolute atomic E-state index is 6.03. The van der Waals surface area contributed by atoms with Crippen LogP contribution >= 0.6 is 23.2 Å². The van der Waals surface area contributed by atoms with Gasteiger partial charge in [0.25, 0.3) is 0 Å². The summed E-state index contributed by atoms with van der Waals surface area (Å²) in [6.07, 6.45) is 1.95. The summed E-state index contributed by atoms with van der Waals surface area (Å²) in [7, 11) is 0. The van der Waals surface area contributed by atoms with Gasteiger partial charge in [-0.05, 0) is 72.5 Å². The lowest BCUT2D eigenvalue weighted by Gasteiger charge is -2.09. The van der Waals surface area contributed by atoms with Gasteiger partial charge in [0.2, 0.25) is 0 Å². The zero-order valence-corrected chi connectivity index (χ0v) is 17.4. The molecule has 0 unspecified atom stereocenters. The molecule has 0 saturated heterocycles. The minimum atomic E-state index is 0.799. The fourth-order valence-electron chi connectivity index (χ4n) is 3.17. The summed E-state index contributed by atoms with van der Waals surface area (Å²) in [5, 5.41) is 8.63. The van der Waals surface area contributed by atoms with Crippen molar-refractivity contribution < 1.29 is 0 Å². The molecule has 0 spiro atoms. The quantitative estimate of drug-likeness (QED) is 0.419. The third-order valence-electron chi connectivity index (χ3n) is 4.61. The molecule has 3 aromatic carbocycles. The van der Waals surface area contributed by atoms with Gasteiger partial charge in [-0.1, -0.05) is 71.7 Å². The Morgan fingerprint density at radius 2 is 0.964 bits per heavy atom. The summed E-state index contributed by atoms with van der Waals surface area (Å²) < 4.78 is 0. The van der Waals surface area contributed by atoms with E-state index in [-0.39, 0.29) is 0 Å². The van der Waals surface area contributed by atoms with Crippen LogP contribution in [0.4, 0.5) is 0 Å². The van der Waals surface area contributed by atoms with Crippen LogP contribution in [0.5, 0.6) is 0 Å². The van der Waals surface area contributed by atoms with Crippen molar-refractivity contribution in [1.29, 1.82) is 0 Å². The van der Waals surface area contributed by atoms with Gasteiger partial charge in [-0.15, -0.1) is 0 Å². The lowest BCUT2D eigenvalue weighted by atomic mass is 10.1. The lowest BCUT2D eigenvalue weighted by Crippen LogP contribution is -2.18. The summed E-state index contributed by atoms with van der Waals surface area (Å²) in [6.45, 7) is 3.61. The van der Waals surface area contributed by atoms with E-state index < -0.39 is 0 Å². The highest BCUT2D eigenvalue weighted by atomic mass is 35.5. The molecule has 0 saturated carbocycles. The molecule has 3 rings (SSSR count). The van der Waals surface area contributed by atoms with Gasteiger partial charge in [0, 0.05) is 23.1 Å². The number of hydrogen-bond acceptors (Lipinski definition) is 2. The van der Waals surface area contributed by atoms with E-state index >= 15 is 0 Å². The predicted molar refractivity (Wildman–Crippen MR) is 120 cm³/mol. The van der Waals surface area contributed by atoms with Crippen LogP contribution in [0.25, 0.3) is 0 Å². The third kappa shape index (κ3) is 7.29. The van der Waals surface area contributed by atoms with Gasteiger partial charge >= 0.3 is 0 Å². The Labute approximate surface area is 177 Å². The predicted octanol–water partition coefficient (Wildman–Crippen LogP) is 5.66. The second-order valence-electron chi connectivity index (χ2n) is 6.93. The minimum Gasteiger partial charge on any atom is -0.312 e. The van der Waals surface area contributed by atoms with Gasteiger partial charge in [0.1, 0.15) is 0 Å². The first-order valence-electron chi connectivity index (χ1n) is 9.67. The fourth-order valence-corrected chi connectivity index (χ4v) is 3.59. The average molecular weight is 413 g/mol. The van der Waals surface area contributed by atoms with E-state index in [0.717, 1.165) is 49.1 Å². The van der Waals surface area contributed by atoms with Crippen LogP contribution in [-0.4, -0.2) is 13.1 Å². The second kappa shape index (κ2) is 11.2. The van der Waals surface area contributed by atoms with E-state index in [4.69, 9.17) is 23.2 Å². The van der Waals surface area contributed by atoms with Crippen molar-refractivity contribution in [2.24, 2.45) is 0 Å². The number of rotatable bonds is 10. The normalized spacial score (nSPS) is 10.9. The summed E-state index contributed by atoms with van der Waals surface area (Å²) >= 11 is 12.1. The lowest BCUT2D eigenvalue weighted by molar-refractivity contribution is 0.676. The van der Waals surface area contributed by atoms with Crippen molar-refractivity contribution in [3.8, 4) is 0 Å². The molecule has 0 aliphatic rings. The van der Waals surface area contributed by atoms with Crippen LogP contribution in [0.1, 0.15) is 22.3 Å². The van der Waals surface area contributed by atoms with Crippen LogP contribution < -0.4 is 10.6 Å². The van der Waals surface area contributed by atoms with Crippen molar-refractivity contribution in [1.82, 2.24) is 10.6 Å². The molecule has 0 fully saturated rings. The van der Waals surface area contributed by atoms with Gasteiger partial charge in [-0.2, -0.15) is 0 Å². The smallest absolute Gasteiger partial charge is 0.0408 e. The molecule has 0 atom stereocenters. The molecule has 0 radical (unpaired) electrons. The van der Waals surface area contributed by atoms with E-state index in [1.165, 1.54) is 22.3 Å². The van der Waals surface area contributed by atoms with Gasteiger partial charge in [0.15, 0.2) is 0 Å². The Balaban J connectivity index is 1.37. The SMILES string of the molecule is Clc1cccc(CCNCc2cccc(CNCCc3cccc(Cl)c3)c2)c1. The molecule has 4 heteroatoms. The van der Waals surface area contributed by atoms with Crippen LogP contribution in [0.15, 0.2) is 72.8 Å². The molecule has 0 aliphatic heterocycles. The van der Waals surface area contributed by atoms with E-state index in [9.17, 15) is 0 Å². The highest BCUT2D eigenvalue weighted by molar-refractivity contribution is 6.30. The monoisotopic (exact) mass is 412 g/mol. The summed E-state index contributed by atoms with van der Waals surface area (Å²) in [4.78, 5) is 0. The van der Waals surface area contributed by atoms with E-state index in [1.807, 2.05) is 36.4 Å². The van der Waals surface area contributed by atoms with Crippen molar-refractivity contribution in [2.45, 2.75) is 25.9 Å². The molecular formula is C24H26Cl2N2. The molecule has 28 heavy (non-hydrogen) atoms. The average Bonchev–Trinajstić information content (AvgIpc) is 2.69. The molecule has 0 heterocycles. The van der Waals surface area contributed by atoms with Crippen molar-refractivity contribution >= 4 is 23.2 Å². The Bertz CT molecular complexity index is 811. The van der Waals surface area contributed by atoms with E-state index in [0.29, 0.717) is 0 Å². The summed E-state index contributed by atoms with van der Waals surface area (Å²) in [6, 6.07) is 24.8. The van der Waals surface area contributed by atoms with Crippen molar-refractivity contribution in [2.75, 3.05) is 13.1 Å². The van der Waals surface area contributed by atoms with Crippen molar-refractivity contribution in [3.05, 3.63) is 105 Å². The third-order valence-corrected chi connectivity index (χ3v) is 5.08. The van der Waals surface area contributed by atoms with E-state index in [2.05, 4.69) is 47.0 Å². The zero-order valence-electron chi connectivity index (χ0n) is 15.9. The maximum atomic E-state index is 6.03. The standard InChI is InChI=1S/C24H26Cl2N2/c25-23-8-2-4-19(15-23)10-12-27-17-21-6-1-7-22(14-21)18-28-13-11-20-5-3-9-24(26)16-20/h1-9,14-16,27-28H,10-13,17-18H2. The van der Waals surface area contributed by atoms with Crippen molar-refractivity contribution in [3.63, 3.8) is 0 Å². The Hall–Kier alpha value is -1.84. The summed E-state index contributed by atoms with van der Waals surface area (Å²) in [5.74, 6) is 0. The number of halogens is 2. The van der Waals surface area contributed by atoms with E-state index in [1.54, 1.807) is 0 Å². The number of hydrogen-bond donors (Lipinski definition) is 2. The first-order chi connectivity index (χ1) is 13.7. The van der Waals surface area contributed by atoms with Crippen LogP contribution in [0.3, 0.4) is 0 Å². The first kappa shape index (κ1) is 20.9. The maximum Gasteiger partial charge on any atom is 0.0408 e. The Morgan fingerprint density at radius 3 is 1.43 bits per heavy atom. The first-order valence-corrected chi connectivity index (χ1v) is 10.4. The van der Waals surface area contributed by atoms with Gasteiger partial charge in [-0.25, -0.2) is 0 Å². The molecule has 2 nitrogen and oxygen atoms in total. The highest BCUT2D eigenvalue weighted by Crippen LogP contribution is 2.12. The second-order valence-corrected chi connectivity index (χ2v) is 7.81. The Kier molecular flexibility index (Phi) is 8.38. The van der Waals surface area contributed by atoms with Gasteiger partial charge in [-0.3, -0.25) is 0 Å². The summed E-state index contributed by atoms with van der Waals surface area (Å²) in [5.41, 5.74) is 5.13. The Morgan fingerprint density at radius 1 is 0.536 bits per heavy atom. The molecule has 146 valence electrons. The minimum absolute atomic E-state index is 0.799. The van der Waals surface area contributed by atoms with Gasteiger partial charge in [0.05, 0.1) is 0 Å². The molecule has 0 aliphatic carbocycles. The molecule has 0 aromatic heterocycles. The fraction of sp³-hybridized carbons (Fsp3) is 0.250. The highest BCUT2D eigenvalue weighted by Gasteiger charge is 1.99. The van der Waals surface area contributed by atoms with Crippen LogP contribution in [0.2, 0.25) is 10.0 Å². The number of benzene rings is 3. The molecular weight excluding hydrogens is 387 g/mol. The van der Waals surface area contributed by atoms with Crippen LogP contribution in [0, 0.1) is 0 Å².